The van der Waals surface area contributed by atoms with Crippen molar-refractivity contribution in [2.75, 3.05) is 33.4 Å². The van der Waals surface area contributed by atoms with Gasteiger partial charge >= 0.3 is 6.03 Å². The maximum atomic E-state index is 13.7. The van der Waals surface area contributed by atoms with Gasteiger partial charge in [-0.1, -0.05) is 42.5 Å². The number of nitrogens with one attached hydrogen (secondary N) is 1. The van der Waals surface area contributed by atoms with Crippen LogP contribution in [-0.4, -0.2) is 89.2 Å². The summed E-state index contributed by atoms with van der Waals surface area (Å²) in [6.45, 7) is 6.53. The van der Waals surface area contributed by atoms with E-state index in [1.807, 2.05) is 61.3 Å². The minimum absolute atomic E-state index is 0.175. The van der Waals surface area contributed by atoms with Crippen LogP contribution in [0.2, 0.25) is 0 Å². The predicted octanol–water partition coefficient (Wildman–Crippen LogP) is 1.85. The van der Waals surface area contributed by atoms with Gasteiger partial charge in [0.05, 0.1) is 19.7 Å². The largest absolute Gasteiger partial charge is 0.380 e. The van der Waals surface area contributed by atoms with Crippen LogP contribution < -0.4 is 5.32 Å². The number of benzene rings is 2. The van der Waals surface area contributed by atoms with E-state index in [2.05, 4.69) is 15.3 Å². The molecule has 3 heterocycles. The number of likely N-dealkylation sites (N-methyl/N-ethyl adjacent to an activating group) is 1. The fourth-order valence-electron chi connectivity index (χ4n) is 5.07. The van der Waals surface area contributed by atoms with Crippen molar-refractivity contribution < 1.29 is 14.3 Å². The summed E-state index contributed by atoms with van der Waals surface area (Å²) in [7, 11) is 1.76. The Morgan fingerprint density at radius 2 is 1.94 bits per heavy atom. The third kappa shape index (κ3) is 3.76. The van der Waals surface area contributed by atoms with E-state index in [1.165, 1.54) is 4.90 Å². The van der Waals surface area contributed by atoms with Crippen molar-refractivity contribution >= 4 is 28.4 Å². The molecule has 3 aliphatic heterocycles. The van der Waals surface area contributed by atoms with Crippen LogP contribution in [0.25, 0.3) is 10.8 Å². The van der Waals surface area contributed by atoms with Crippen LogP contribution in [0.5, 0.6) is 0 Å². The zero-order valence-electron chi connectivity index (χ0n) is 19.3. The number of amides is 3. The molecule has 0 saturated carbocycles. The van der Waals surface area contributed by atoms with Crippen LogP contribution in [0.3, 0.4) is 0 Å². The molecule has 9 heteroatoms. The molecule has 2 saturated heterocycles. The SMILES string of the molecule is CCOCCN1N=C(C)CN2C3C(=O)N(Cc4cccc5ccccc45)C(=O)N(C)C3NC12. The Balaban J connectivity index is 1.43. The second kappa shape index (κ2) is 8.74. The number of ether oxygens (including phenoxy) is 1. The summed E-state index contributed by atoms with van der Waals surface area (Å²) in [6, 6.07) is 13.3. The number of carbonyl (C=O) groups excluding carboxylic acids is 2. The third-order valence-corrected chi connectivity index (χ3v) is 6.63. The number of imide groups is 1. The zero-order valence-corrected chi connectivity index (χ0v) is 19.3. The topological polar surface area (TPSA) is 80.7 Å². The summed E-state index contributed by atoms with van der Waals surface area (Å²) in [5.74, 6) is -0.175. The molecule has 174 valence electrons. The monoisotopic (exact) mass is 450 g/mol. The quantitative estimate of drug-likeness (QED) is 0.677. The maximum Gasteiger partial charge on any atom is 0.328 e. The number of hydrogen-bond acceptors (Lipinski definition) is 7. The van der Waals surface area contributed by atoms with Gasteiger partial charge in [0, 0.05) is 25.9 Å². The lowest BCUT2D eigenvalue weighted by molar-refractivity contribution is -0.139. The Morgan fingerprint density at radius 3 is 2.76 bits per heavy atom. The van der Waals surface area contributed by atoms with Crippen molar-refractivity contribution in [2.45, 2.75) is 38.9 Å². The van der Waals surface area contributed by atoms with E-state index in [4.69, 9.17) is 4.74 Å². The molecule has 1 N–H and O–H groups in total. The summed E-state index contributed by atoms with van der Waals surface area (Å²) < 4.78 is 5.52. The Kier molecular flexibility index (Phi) is 5.77. The maximum absolute atomic E-state index is 13.7. The number of fused-ring (bicyclic) bond motifs is 4. The molecule has 0 bridgehead atoms. The van der Waals surface area contributed by atoms with Gasteiger partial charge < -0.3 is 9.64 Å². The van der Waals surface area contributed by atoms with Gasteiger partial charge in [-0.25, -0.2) is 9.69 Å². The highest BCUT2D eigenvalue weighted by Crippen LogP contribution is 2.31. The lowest BCUT2D eigenvalue weighted by Gasteiger charge is -2.42. The van der Waals surface area contributed by atoms with Crippen molar-refractivity contribution in [3.05, 3.63) is 48.0 Å². The van der Waals surface area contributed by atoms with Crippen molar-refractivity contribution in [1.29, 1.82) is 0 Å². The van der Waals surface area contributed by atoms with E-state index in [9.17, 15) is 9.59 Å². The summed E-state index contributed by atoms with van der Waals surface area (Å²) in [5.41, 5.74) is 1.89. The summed E-state index contributed by atoms with van der Waals surface area (Å²) >= 11 is 0. The molecular weight excluding hydrogens is 420 g/mol. The van der Waals surface area contributed by atoms with E-state index in [-0.39, 0.29) is 24.8 Å². The first-order valence-electron chi connectivity index (χ1n) is 11.4. The number of rotatable bonds is 6. The molecular formula is C24H30N6O3. The molecule has 0 radical (unpaired) electrons. The lowest BCUT2D eigenvalue weighted by atomic mass is 10.0. The second-order valence-electron chi connectivity index (χ2n) is 8.75. The van der Waals surface area contributed by atoms with Gasteiger partial charge in [0.2, 0.25) is 0 Å². The van der Waals surface area contributed by atoms with Crippen molar-refractivity contribution in [3.8, 4) is 0 Å². The first-order valence-corrected chi connectivity index (χ1v) is 11.4. The number of hydrogen-bond donors (Lipinski definition) is 1. The van der Waals surface area contributed by atoms with Gasteiger partial charge in [-0.2, -0.15) is 5.10 Å². The molecule has 2 fully saturated rings. The van der Waals surface area contributed by atoms with Crippen LogP contribution in [0.1, 0.15) is 19.4 Å². The lowest BCUT2D eigenvalue weighted by Crippen LogP contribution is -2.66. The molecule has 2 aromatic carbocycles. The van der Waals surface area contributed by atoms with Gasteiger partial charge in [0.25, 0.3) is 5.91 Å². The highest BCUT2D eigenvalue weighted by atomic mass is 16.5. The van der Waals surface area contributed by atoms with E-state index in [0.29, 0.717) is 26.3 Å². The molecule has 3 aliphatic rings. The average molecular weight is 451 g/mol. The van der Waals surface area contributed by atoms with Crippen LogP contribution in [0.4, 0.5) is 4.79 Å². The average Bonchev–Trinajstić information content (AvgIpc) is 3.20. The fraction of sp³-hybridized carbons (Fsp3) is 0.458. The summed E-state index contributed by atoms with van der Waals surface area (Å²) in [4.78, 5) is 32.2. The normalized spacial score (nSPS) is 25.5. The van der Waals surface area contributed by atoms with E-state index in [0.717, 1.165) is 22.0 Å². The van der Waals surface area contributed by atoms with Crippen LogP contribution in [0.15, 0.2) is 47.6 Å². The predicted molar refractivity (Wildman–Crippen MR) is 125 cm³/mol. The molecule has 0 aliphatic carbocycles. The van der Waals surface area contributed by atoms with Gasteiger partial charge in [-0.15, -0.1) is 0 Å². The number of carbonyl (C=O) groups is 2. The van der Waals surface area contributed by atoms with Crippen LogP contribution in [0, 0.1) is 0 Å². The smallest absolute Gasteiger partial charge is 0.328 e. The van der Waals surface area contributed by atoms with Crippen LogP contribution >= 0.6 is 0 Å². The second-order valence-corrected chi connectivity index (χ2v) is 8.75. The van der Waals surface area contributed by atoms with Gasteiger partial charge in [0.1, 0.15) is 12.2 Å². The van der Waals surface area contributed by atoms with E-state index < -0.39 is 12.2 Å². The molecule has 0 spiro atoms. The molecule has 0 aromatic heterocycles. The Hall–Kier alpha value is -3.01. The van der Waals surface area contributed by atoms with Gasteiger partial charge in [-0.3, -0.25) is 20.0 Å². The Morgan fingerprint density at radius 1 is 1.15 bits per heavy atom. The van der Waals surface area contributed by atoms with Crippen molar-refractivity contribution in [3.63, 3.8) is 0 Å². The van der Waals surface area contributed by atoms with Crippen molar-refractivity contribution in [1.82, 2.24) is 25.0 Å². The zero-order chi connectivity index (χ0) is 23.1. The summed E-state index contributed by atoms with van der Waals surface area (Å²) in [5, 5.41) is 12.2. The molecule has 3 amide bonds. The van der Waals surface area contributed by atoms with E-state index >= 15 is 0 Å². The highest BCUT2D eigenvalue weighted by Gasteiger charge is 2.56. The van der Waals surface area contributed by atoms with Crippen LogP contribution in [-0.2, 0) is 16.1 Å². The fourth-order valence-corrected chi connectivity index (χ4v) is 5.07. The molecule has 3 unspecified atom stereocenters. The highest BCUT2D eigenvalue weighted by molar-refractivity contribution is 6.01. The number of hydrazone groups is 1. The molecule has 9 nitrogen and oxygen atoms in total. The molecule has 5 rings (SSSR count). The Bertz CT molecular complexity index is 1100. The number of urea groups is 1. The minimum Gasteiger partial charge on any atom is -0.380 e. The minimum atomic E-state index is -0.479. The molecule has 3 atom stereocenters. The summed E-state index contributed by atoms with van der Waals surface area (Å²) in [6.07, 6.45) is -0.671. The van der Waals surface area contributed by atoms with Gasteiger partial charge in [-0.05, 0) is 30.2 Å². The third-order valence-electron chi connectivity index (χ3n) is 6.63. The first-order chi connectivity index (χ1) is 16.0. The van der Waals surface area contributed by atoms with Gasteiger partial charge in [0.15, 0.2) is 6.29 Å². The first kappa shape index (κ1) is 21.8. The molecule has 2 aromatic rings. The molecule has 33 heavy (non-hydrogen) atoms. The standard InChI is InChI=1S/C24H30N6O3/c1-4-33-13-12-30-23-25-21-20(28(23)14-16(2)26-30)22(31)29(24(32)27(21)3)15-18-10-7-9-17-8-5-6-11-19(17)18/h5-11,20-21,23,25H,4,12-15H2,1-3H3. The Labute approximate surface area is 193 Å². The van der Waals surface area contributed by atoms with Crippen molar-refractivity contribution in [2.24, 2.45) is 5.10 Å². The number of nitrogens with zero attached hydrogens (tertiary/aromatic N) is 5. The van der Waals surface area contributed by atoms with E-state index in [1.54, 1.807) is 11.9 Å².